The summed E-state index contributed by atoms with van der Waals surface area (Å²) in [7, 11) is 0. The first-order valence-corrected chi connectivity index (χ1v) is 10.4. The van der Waals surface area contributed by atoms with Crippen molar-refractivity contribution in [2.75, 3.05) is 6.61 Å². The van der Waals surface area contributed by atoms with E-state index in [1.165, 1.54) is 30.5 Å². The van der Waals surface area contributed by atoms with E-state index in [1.807, 2.05) is 0 Å². The number of benzene rings is 2. The van der Waals surface area contributed by atoms with Gasteiger partial charge in [-0.25, -0.2) is 0 Å². The summed E-state index contributed by atoms with van der Waals surface area (Å²) in [4.78, 5) is 0. The highest BCUT2D eigenvalue weighted by Gasteiger charge is 2.39. The molecule has 0 atom stereocenters. The summed E-state index contributed by atoms with van der Waals surface area (Å²) in [5.74, 6) is -1.15. The predicted molar refractivity (Wildman–Crippen MR) is 115 cm³/mol. The second-order valence-electron chi connectivity index (χ2n) is 7.09. The van der Waals surface area contributed by atoms with Gasteiger partial charge >= 0.3 is 12.5 Å². The summed E-state index contributed by atoms with van der Waals surface area (Å²) in [6.07, 6.45) is -7.14. The topological polar surface area (TPSA) is 48.7 Å². The first-order chi connectivity index (χ1) is 16.0. The molecule has 2 aromatic carbocycles. The van der Waals surface area contributed by atoms with Crippen LogP contribution in [-0.4, -0.2) is 27.6 Å². The van der Waals surface area contributed by atoms with E-state index >= 15 is 0 Å². The second kappa shape index (κ2) is 9.36. The van der Waals surface area contributed by atoms with Crippen molar-refractivity contribution >= 4 is 28.8 Å². The highest BCUT2D eigenvalue weighted by atomic mass is 35.5. The van der Waals surface area contributed by atoms with Gasteiger partial charge in [-0.15, -0.1) is 23.4 Å². The van der Waals surface area contributed by atoms with Crippen LogP contribution in [-0.2, 0) is 17.3 Å². The van der Waals surface area contributed by atoms with Gasteiger partial charge in [-0.05, 0) is 59.5 Å². The quantitative estimate of drug-likeness (QED) is 0.250. The summed E-state index contributed by atoms with van der Waals surface area (Å²) in [6.45, 7) is -0.358. The van der Waals surface area contributed by atoms with Crippen LogP contribution in [0, 0.1) is 0 Å². The Balaban J connectivity index is 1.53. The van der Waals surface area contributed by atoms with Crippen molar-refractivity contribution in [2.45, 2.75) is 18.9 Å². The minimum Gasteiger partial charge on any atom is -0.406 e. The zero-order valence-electron chi connectivity index (χ0n) is 17.0. The minimum atomic E-state index is -4.82. The number of ether oxygens (including phenoxy) is 2. The van der Waals surface area contributed by atoms with E-state index in [0.717, 1.165) is 16.5 Å². The van der Waals surface area contributed by atoms with E-state index < -0.39 is 24.0 Å². The SMILES string of the molecule is FC(F)(F)Oc1ccc(-c2ccc3nnc(C(F)(F)OCCc4ccc(Cl)cc4Cl)n3c2)cc1. The first-order valence-electron chi connectivity index (χ1n) is 9.69. The number of pyridine rings is 1. The third-order valence-corrected chi connectivity index (χ3v) is 5.34. The third-order valence-electron chi connectivity index (χ3n) is 4.75. The van der Waals surface area contributed by atoms with E-state index in [1.54, 1.807) is 18.2 Å². The van der Waals surface area contributed by atoms with Gasteiger partial charge in [0.05, 0.1) is 6.61 Å². The highest BCUT2D eigenvalue weighted by molar-refractivity contribution is 6.35. The van der Waals surface area contributed by atoms with Gasteiger partial charge in [0.15, 0.2) is 5.65 Å². The molecule has 0 aliphatic heterocycles. The molecule has 4 rings (SSSR count). The van der Waals surface area contributed by atoms with E-state index in [9.17, 15) is 22.0 Å². The summed E-state index contributed by atoms with van der Waals surface area (Å²) in [5.41, 5.74) is 1.64. The predicted octanol–water partition coefficient (Wildman–Crippen LogP) is 6.91. The maximum Gasteiger partial charge on any atom is 0.573 e. The third kappa shape index (κ3) is 5.57. The molecule has 0 amide bonds. The monoisotopic (exact) mass is 517 g/mol. The van der Waals surface area contributed by atoms with E-state index in [2.05, 4.69) is 14.9 Å². The van der Waals surface area contributed by atoms with E-state index in [-0.39, 0.29) is 18.7 Å². The van der Waals surface area contributed by atoms with Crippen LogP contribution in [0.1, 0.15) is 11.4 Å². The summed E-state index contributed by atoms with van der Waals surface area (Å²) in [5, 5.41) is 8.06. The molecule has 0 N–H and O–H groups in total. The fourth-order valence-corrected chi connectivity index (χ4v) is 3.69. The Bertz CT molecular complexity index is 1310. The Hall–Kier alpha value is -2.95. The molecule has 4 aromatic rings. The van der Waals surface area contributed by atoms with Crippen molar-refractivity contribution in [1.29, 1.82) is 0 Å². The molecule has 34 heavy (non-hydrogen) atoms. The van der Waals surface area contributed by atoms with Crippen molar-refractivity contribution in [2.24, 2.45) is 0 Å². The molecule has 0 aliphatic rings. The molecule has 0 saturated heterocycles. The van der Waals surface area contributed by atoms with Gasteiger partial charge < -0.3 is 9.47 Å². The van der Waals surface area contributed by atoms with Gasteiger partial charge in [-0.1, -0.05) is 41.4 Å². The van der Waals surface area contributed by atoms with Crippen LogP contribution in [0.2, 0.25) is 10.0 Å². The Morgan fingerprint density at radius 1 is 0.853 bits per heavy atom. The van der Waals surface area contributed by atoms with Crippen molar-refractivity contribution < 1.29 is 31.4 Å². The number of nitrogens with zero attached hydrogens (tertiary/aromatic N) is 3. The molecule has 0 spiro atoms. The summed E-state index contributed by atoms with van der Waals surface area (Å²) >= 11 is 11.9. The van der Waals surface area contributed by atoms with Crippen LogP contribution in [0.3, 0.4) is 0 Å². The number of fused-ring (bicyclic) bond motifs is 1. The lowest BCUT2D eigenvalue weighted by Gasteiger charge is -2.16. The maximum atomic E-state index is 14.8. The van der Waals surface area contributed by atoms with Gasteiger partial charge in [0.2, 0.25) is 5.82 Å². The molecule has 0 radical (unpaired) electrons. The van der Waals surface area contributed by atoms with Crippen LogP contribution in [0.5, 0.6) is 5.75 Å². The fourth-order valence-electron chi connectivity index (χ4n) is 3.19. The molecule has 2 aromatic heterocycles. The van der Waals surface area contributed by atoms with Crippen LogP contribution in [0.25, 0.3) is 16.8 Å². The number of alkyl halides is 5. The lowest BCUT2D eigenvalue weighted by atomic mass is 10.1. The molecular formula is C22H14Cl2F5N3O2. The molecule has 178 valence electrons. The smallest absolute Gasteiger partial charge is 0.406 e. The maximum absolute atomic E-state index is 14.8. The fraction of sp³-hybridized carbons (Fsp3) is 0.182. The van der Waals surface area contributed by atoms with Gasteiger partial charge in [0.25, 0.3) is 0 Å². The second-order valence-corrected chi connectivity index (χ2v) is 7.94. The number of aromatic nitrogens is 3. The molecular weight excluding hydrogens is 504 g/mol. The van der Waals surface area contributed by atoms with Gasteiger partial charge in [0, 0.05) is 16.2 Å². The van der Waals surface area contributed by atoms with Gasteiger partial charge in [0.1, 0.15) is 5.75 Å². The number of hydrogen-bond acceptors (Lipinski definition) is 4. The standard InChI is InChI=1S/C22H14Cl2F5N3O2/c23-16-5-1-14(18(24)11-16)9-10-33-21(25,26)20-31-30-19-8-4-15(12-32(19)20)13-2-6-17(7-3-13)34-22(27,28)29/h1-8,11-12H,9-10H2. The molecule has 0 bridgehead atoms. The minimum absolute atomic E-state index is 0.111. The van der Waals surface area contributed by atoms with Crippen molar-refractivity contribution in [3.63, 3.8) is 0 Å². The van der Waals surface area contributed by atoms with Gasteiger partial charge in [-0.2, -0.15) is 8.78 Å². The van der Waals surface area contributed by atoms with Crippen LogP contribution in [0.4, 0.5) is 22.0 Å². The molecule has 0 unspecified atom stereocenters. The van der Waals surface area contributed by atoms with E-state index in [4.69, 9.17) is 27.9 Å². The largest absolute Gasteiger partial charge is 0.573 e. The molecule has 2 heterocycles. The average Bonchev–Trinajstić information content (AvgIpc) is 3.19. The summed E-state index contributed by atoms with van der Waals surface area (Å²) in [6, 6.07) is 12.7. The number of hydrogen-bond donors (Lipinski definition) is 0. The molecule has 0 fully saturated rings. The zero-order valence-corrected chi connectivity index (χ0v) is 18.5. The number of halogens is 7. The van der Waals surface area contributed by atoms with Crippen LogP contribution < -0.4 is 4.74 Å². The zero-order chi connectivity index (χ0) is 24.5. The Kier molecular flexibility index (Phi) is 6.66. The van der Waals surface area contributed by atoms with Crippen LogP contribution in [0.15, 0.2) is 60.8 Å². The van der Waals surface area contributed by atoms with Crippen molar-refractivity contribution in [1.82, 2.24) is 14.6 Å². The highest BCUT2D eigenvalue weighted by Crippen LogP contribution is 2.31. The Labute approximate surface area is 199 Å². The Morgan fingerprint density at radius 3 is 2.24 bits per heavy atom. The lowest BCUT2D eigenvalue weighted by molar-refractivity contribution is -0.274. The van der Waals surface area contributed by atoms with Gasteiger partial charge in [-0.3, -0.25) is 4.40 Å². The van der Waals surface area contributed by atoms with Crippen molar-refractivity contribution in [3.05, 3.63) is 82.2 Å². The van der Waals surface area contributed by atoms with E-state index in [0.29, 0.717) is 26.7 Å². The van der Waals surface area contributed by atoms with Crippen molar-refractivity contribution in [3.8, 4) is 16.9 Å². The molecule has 5 nitrogen and oxygen atoms in total. The number of rotatable bonds is 7. The molecule has 0 aliphatic carbocycles. The first kappa shape index (κ1) is 24.2. The van der Waals surface area contributed by atoms with Crippen LogP contribution >= 0.6 is 23.2 Å². The molecule has 0 saturated carbocycles. The normalized spacial score (nSPS) is 12.3. The average molecular weight is 518 g/mol. The summed E-state index contributed by atoms with van der Waals surface area (Å²) < 4.78 is 76.4. The Morgan fingerprint density at radius 2 is 1.56 bits per heavy atom. The lowest BCUT2D eigenvalue weighted by Crippen LogP contribution is -2.23. The molecule has 12 heteroatoms.